The van der Waals surface area contributed by atoms with Crippen LogP contribution in [-0.2, 0) is 6.42 Å². The van der Waals surface area contributed by atoms with E-state index < -0.39 is 0 Å². The number of halogens is 1. The molecule has 3 nitrogen and oxygen atoms in total. The number of nitrogens with zero attached hydrogens (tertiary/aromatic N) is 1. The highest BCUT2D eigenvalue weighted by atomic mass is 19.1. The van der Waals surface area contributed by atoms with Crippen molar-refractivity contribution in [2.45, 2.75) is 26.2 Å². The Morgan fingerprint density at radius 1 is 1.18 bits per heavy atom. The molecule has 0 atom stereocenters. The Kier molecular flexibility index (Phi) is 5.53. The van der Waals surface area contributed by atoms with Crippen molar-refractivity contribution in [3.8, 4) is 0 Å². The zero-order valence-electron chi connectivity index (χ0n) is 13.0. The van der Waals surface area contributed by atoms with Gasteiger partial charge in [-0.2, -0.15) is 0 Å². The van der Waals surface area contributed by atoms with Crippen LogP contribution >= 0.6 is 0 Å². The van der Waals surface area contributed by atoms with Gasteiger partial charge in [0, 0.05) is 12.2 Å². The summed E-state index contributed by atoms with van der Waals surface area (Å²) in [6, 6.07) is 14.8. The molecule has 22 heavy (non-hydrogen) atoms. The van der Waals surface area contributed by atoms with Crippen molar-refractivity contribution in [1.29, 1.82) is 0 Å². The van der Waals surface area contributed by atoms with Crippen molar-refractivity contribution in [3.05, 3.63) is 65.5 Å². The summed E-state index contributed by atoms with van der Waals surface area (Å²) in [6.45, 7) is 4.74. The zero-order chi connectivity index (χ0) is 15.9. The third-order valence-electron chi connectivity index (χ3n) is 3.45. The maximum Gasteiger partial charge on any atom is 0.193 e. The first-order chi connectivity index (χ1) is 10.6. The number of rotatable bonds is 5. The van der Waals surface area contributed by atoms with E-state index in [-0.39, 0.29) is 5.82 Å². The van der Waals surface area contributed by atoms with Crippen LogP contribution in [0.4, 0.5) is 10.1 Å². The predicted octanol–water partition coefficient (Wildman–Crippen LogP) is 3.92. The molecular weight excluding hydrogens is 277 g/mol. The van der Waals surface area contributed by atoms with Crippen LogP contribution in [0.1, 0.15) is 30.9 Å². The lowest BCUT2D eigenvalue weighted by Crippen LogP contribution is -2.23. The quantitative estimate of drug-likeness (QED) is 0.649. The van der Waals surface area contributed by atoms with E-state index in [2.05, 4.69) is 36.3 Å². The highest BCUT2D eigenvalue weighted by Gasteiger charge is 2.02. The molecule has 0 spiro atoms. The summed E-state index contributed by atoms with van der Waals surface area (Å²) in [5.74, 6) is 0.604. The van der Waals surface area contributed by atoms with Crippen LogP contribution in [0.3, 0.4) is 0 Å². The standard InChI is InChI=1S/C18H22FN3/c1-13(2)15-7-5-8-16(12-15)22-18(20)21-11-10-14-6-3-4-9-17(14)19/h3-9,12-13H,10-11H2,1-2H3,(H3,20,21,22). The molecule has 0 bridgehead atoms. The van der Waals surface area contributed by atoms with E-state index in [1.807, 2.05) is 18.2 Å². The van der Waals surface area contributed by atoms with Crippen LogP contribution in [0, 0.1) is 5.82 Å². The first kappa shape index (κ1) is 16.0. The summed E-state index contributed by atoms with van der Waals surface area (Å²) in [5, 5.41) is 3.07. The Labute approximate surface area is 131 Å². The van der Waals surface area contributed by atoms with Gasteiger partial charge in [-0.25, -0.2) is 4.39 Å². The van der Waals surface area contributed by atoms with Crippen molar-refractivity contribution >= 4 is 11.6 Å². The number of benzene rings is 2. The highest BCUT2D eigenvalue weighted by Crippen LogP contribution is 2.18. The number of nitrogens with one attached hydrogen (secondary N) is 1. The summed E-state index contributed by atoms with van der Waals surface area (Å²) in [5.41, 5.74) is 8.69. The minimum Gasteiger partial charge on any atom is -0.370 e. The second-order valence-electron chi connectivity index (χ2n) is 5.51. The Balaban J connectivity index is 1.93. The van der Waals surface area contributed by atoms with Crippen molar-refractivity contribution in [3.63, 3.8) is 0 Å². The molecule has 4 heteroatoms. The van der Waals surface area contributed by atoms with E-state index in [0.717, 1.165) is 5.69 Å². The molecule has 0 saturated carbocycles. The molecule has 3 N–H and O–H groups in total. The summed E-state index contributed by atoms with van der Waals surface area (Å²) < 4.78 is 13.5. The van der Waals surface area contributed by atoms with Gasteiger partial charge in [-0.05, 0) is 41.7 Å². The zero-order valence-corrected chi connectivity index (χ0v) is 13.0. The average molecular weight is 299 g/mol. The molecule has 0 unspecified atom stereocenters. The number of nitrogens with two attached hydrogens (primary N) is 1. The predicted molar refractivity (Wildman–Crippen MR) is 90.7 cm³/mol. The van der Waals surface area contributed by atoms with Gasteiger partial charge in [0.05, 0.1) is 0 Å². The second kappa shape index (κ2) is 7.59. The molecule has 0 heterocycles. The number of aliphatic imine (C=N–C) groups is 1. The number of guanidine groups is 1. The van der Waals surface area contributed by atoms with Gasteiger partial charge in [0.1, 0.15) is 5.82 Å². The van der Waals surface area contributed by atoms with E-state index >= 15 is 0 Å². The molecule has 0 saturated heterocycles. The fraction of sp³-hybridized carbons (Fsp3) is 0.278. The smallest absolute Gasteiger partial charge is 0.193 e. The van der Waals surface area contributed by atoms with Crippen LogP contribution in [-0.4, -0.2) is 12.5 Å². The lowest BCUT2D eigenvalue weighted by atomic mass is 10.0. The summed E-state index contributed by atoms with van der Waals surface area (Å²) in [4.78, 5) is 4.25. The molecule has 2 aromatic rings. The molecule has 0 aromatic heterocycles. The largest absolute Gasteiger partial charge is 0.370 e. The molecule has 0 amide bonds. The Bertz CT molecular complexity index is 650. The van der Waals surface area contributed by atoms with E-state index in [1.165, 1.54) is 11.6 Å². The van der Waals surface area contributed by atoms with Crippen LogP contribution < -0.4 is 11.1 Å². The van der Waals surface area contributed by atoms with Gasteiger partial charge in [0.15, 0.2) is 5.96 Å². The number of hydrogen-bond donors (Lipinski definition) is 2. The van der Waals surface area contributed by atoms with Gasteiger partial charge in [0.2, 0.25) is 0 Å². The van der Waals surface area contributed by atoms with Crippen LogP contribution in [0.2, 0.25) is 0 Å². The second-order valence-corrected chi connectivity index (χ2v) is 5.51. The molecule has 0 aliphatic carbocycles. The normalized spacial score (nSPS) is 11.7. The van der Waals surface area contributed by atoms with Gasteiger partial charge in [0.25, 0.3) is 0 Å². The maximum absolute atomic E-state index is 13.5. The Morgan fingerprint density at radius 3 is 2.68 bits per heavy atom. The van der Waals surface area contributed by atoms with Crippen molar-refractivity contribution in [1.82, 2.24) is 0 Å². The first-order valence-corrected chi connectivity index (χ1v) is 7.46. The molecule has 116 valence electrons. The lowest BCUT2D eigenvalue weighted by molar-refractivity contribution is 0.609. The van der Waals surface area contributed by atoms with Crippen molar-refractivity contribution in [2.24, 2.45) is 10.7 Å². The van der Waals surface area contributed by atoms with Gasteiger partial charge < -0.3 is 11.1 Å². The Hall–Kier alpha value is -2.36. The monoisotopic (exact) mass is 299 g/mol. The van der Waals surface area contributed by atoms with E-state index in [9.17, 15) is 4.39 Å². The molecule has 0 aliphatic rings. The maximum atomic E-state index is 13.5. The van der Waals surface area contributed by atoms with Gasteiger partial charge in [-0.3, -0.25) is 4.99 Å². The molecular formula is C18H22FN3. The highest BCUT2D eigenvalue weighted by molar-refractivity contribution is 5.92. The van der Waals surface area contributed by atoms with Crippen molar-refractivity contribution in [2.75, 3.05) is 11.9 Å². The average Bonchev–Trinajstić information content (AvgIpc) is 2.49. The third kappa shape index (κ3) is 4.58. The first-order valence-electron chi connectivity index (χ1n) is 7.46. The van der Waals surface area contributed by atoms with Gasteiger partial charge in [-0.15, -0.1) is 0 Å². The minimum absolute atomic E-state index is 0.200. The fourth-order valence-electron chi connectivity index (χ4n) is 2.16. The lowest BCUT2D eigenvalue weighted by Gasteiger charge is -2.10. The van der Waals surface area contributed by atoms with E-state index in [0.29, 0.717) is 30.4 Å². The minimum atomic E-state index is -0.200. The van der Waals surface area contributed by atoms with E-state index in [1.54, 1.807) is 12.1 Å². The summed E-state index contributed by atoms with van der Waals surface area (Å²) >= 11 is 0. The van der Waals surface area contributed by atoms with Crippen LogP contribution in [0.5, 0.6) is 0 Å². The van der Waals surface area contributed by atoms with Gasteiger partial charge >= 0.3 is 0 Å². The van der Waals surface area contributed by atoms with Gasteiger partial charge in [-0.1, -0.05) is 44.2 Å². The van der Waals surface area contributed by atoms with Crippen LogP contribution in [0.25, 0.3) is 0 Å². The SMILES string of the molecule is CC(C)c1cccc(NC(N)=NCCc2ccccc2F)c1. The molecule has 0 fully saturated rings. The molecule has 0 radical (unpaired) electrons. The Morgan fingerprint density at radius 2 is 1.95 bits per heavy atom. The number of hydrogen-bond acceptors (Lipinski definition) is 1. The topological polar surface area (TPSA) is 50.4 Å². The van der Waals surface area contributed by atoms with E-state index in [4.69, 9.17) is 5.73 Å². The molecule has 2 rings (SSSR count). The molecule has 0 aliphatic heterocycles. The van der Waals surface area contributed by atoms with Crippen molar-refractivity contribution < 1.29 is 4.39 Å². The summed E-state index contributed by atoms with van der Waals surface area (Å²) in [6.07, 6.45) is 0.529. The van der Waals surface area contributed by atoms with Crippen LogP contribution in [0.15, 0.2) is 53.5 Å². The molecule has 2 aromatic carbocycles. The summed E-state index contributed by atoms with van der Waals surface area (Å²) in [7, 11) is 0. The number of anilines is 1. The third-order valence-corrected chi connectivity index (χ3v) is 3.45. The fourth-order valence-corrected chi connectivity index (χ4v) is 2.16.